The molecule has 6 nitrogen and oxygen atoms in total. The second-order valence-corrected chi connectivity index (χ2v) is 8.03. The van der Waals surface area contributed by atoms with Crippen LogP contribution in [0.4, 0.5) is 0 Å². The van der Waals surface area contributed by atoms with Crippen molar-refractivity contribution in [2.75, 3.05) is 0 Å². The Bertz CT molecular complexity index is 1240. The average Bonchev–Trinajstić information content (AvgIpc) is 2.58. The van der Waals surface area contributed by atoms with E-state index in [1.165, 1.54) is 48.5 Å². The third-order valence-electron chi connectivity index (χ3n) is 3.73. The van der Waals surface area contributed by atoms with Gasteiger partial charge in [-0.2, -0.15) is 0 Å². The third kappa shape index (κ3) is 2.98. The van der Waals surface area contributed by atoms with Gasteiger partial charge < -0.3 is 0 Å². The van der Waals surface area contributed by atoms with Crippen molar-refractivity contribution in [2.24, 2.45) is 0 Å². The molecule has 0 spiro atoms. The highest BCUT2D eigenvalue weighted by atomic mass is 35.5. The molecule has 0 radical (unpaired) electrons. The lowest BCUT2D eigenvalue weighted by molar-refractivity contribution is 0.578. The second kappa shape index (κ2) is 6.75. The van der Waals surface area contributed by atoms with E-state index in [4.69, 9.17) is 23.2 Å². The summed E-state index contributed by atoms with van der Waals surface area (Å²) >= 11 is 11.7. The van der Waals surface area contributed by atoms with Crippen molar-refractivity contribution in [3.05, 3.63) is 86.0 Å². The van der Waals surface area contributed by atoms with E-state index >= 15 is 0 Å². The molecule has 2 aromatic carbocycles. The van der Waals surface area contributed by atoms with Gasteiger partial charge in [0, 0.05) is 16.6 Å². The SMILES string of the molecule is C=CCn1c(=O)n(S(=O)(=O)c2ccc(Cl)cc2)c(=O)c2ccc(Cl)cc21. The monoisotopic (exact) mass is 410 g/mol. The number of allylic oxidation sites excluding steroid dienone is 1. The maximum absolute atomic E-state index is 12.9. The van der Waals surface area contributed by atoms with Gasteiger partial charge in [-0.3, -0.25) is 9.36 Å². The van der Waals surface area contributed by atoms with E-state index < -0.39 is 21.3 Å². The van der Waals surface area contributed by atoms with Crippen molar-refractivity contribution in [3.63, 3.8) is 0 Å². The van der Waals surface area contributed by atoms with Crippen LogP contribution in [0.2, 0.25) is 10.0 Å². The highest BCUT2D eigenvalue weighted by Crippen LogP contribution is 2.18. The Morgan fingerprint density at radius 2 is 1.62 bits per heavy atom. The van der Waals surface area contributed by atoms with Crippen LogP contribution in [0.15, 0.2) is 69.6 Å². The summed E-state index contributed by atoms with van der Waals surface area (Å²) in [6.07, 6.45) is 1.42. The standard InChI is InChI=1S/C17H12Cl2N2O4S/c1-2-9-20-15-10-12(19)5-8-14(15)16(22)21(17(20)23)26(24,25)13-6-3-11(18)4-7-13/h2-8,10H,1,9H2. The number of benzene rings is 2. The molecular formula is C17H12Cl2N2O4S. The molecule has 0 atom stereocenters. The minimum Gasteiger partial charge on any atom is -0.288 e. The summed E-state index contributed by atoms with van der Waals surface area (Å²) in [4.78, 5) is 25.4. The maximum Gasteiger partial charge on any atom is 0.346 e. The fourth-order valence-corrected chi connectivity index (χ4v) is 4.15. The molecule has 26 heavy (non-hydrogen) atoms. The summed E-state index contributed by atoms with van der Waals surface area (Å²) in [5, 5.41) is 0.689. The molecular weight excluding hydrogens is 399 g/mol. The molecule has 0 aliphatic carbocycles. The summed E-state index contributed by atoms with van der Waals surface area (Å²) < 4.78 is 27.2. The quantitative estimate of drug-likeness (QED) is 0.619. The molecule has 3 aromatic rings. The predicted octanol–water partition coefficient (Wildman–Crippen LogP) is 2.89. The molecule has 3 rings (SSSR count). The predicted molar refractivity (Wildman–Crippen MR) is 102 cm³/mol. The first kappa shape index (κ1) is 18.4. The van der Waals surface area contributed by atoms with E-state index in [-0.39, 0.29) is 26.3 Å². The summed E-state index contributed by atoms with van der Waals surface area (Å²) in [5.41, 5.74) is -1.72. The summed E-state index contributed by atoms with van der Waals surface area (Å²) in [6.45, 7) is 3.57. The molecule has 0 fully saturated rings. The molecule has 1 heterocycles. The maximum atomic E-state index is 12.9. The topological polar surface area (TPSA) is 78.1 Å². The van der Waals surface area contributed by atoms with Gasteiger partial charge in [-0.25, -0.2) is 13.2 Å². The van der Waals surface area contributed by atoms with Crippen LogP contribution in [-0.2, 0) is 16.6 Å². The lowest BCUT2D eigenvalue weighted by atomic mass is 10.2. The van der Waals surface area contributed by atoms with Gasteiger partial charge in [0.15, 0.2) is 0 Å². The van der Waals surface area contributed by atoms with Crippen LogP contribution >= 0.6 is 23.2 Å². The minimum absolute atomic E-state index is 0.00605. The molecule has 0 unspecified atom stereocenters. The number of aromatic nitrogens is 2. The number of fused-ring (bicyclic) bond motifs is 1. The van der Waals surface area contributed by atoms with E-state index in [9.17, 15) is 18.0 Å². The minimum atomic E-state index is -4.41. The average molecular weight is 411 g/mol. The van der Waals surface area contributed by atoms with E-state index in [2.05, 4.69) is 6.58 Å². The molecule has 1 aromatic heterocycles. The third-order valence-corrected chi connectivity index (χ3v) is 5.89. The van der Waals surface area contributed by atoms with Gasteiger partial charge in [-0.15, -0.1) is 10.6 Å². The van der Waals surface area contributed by atoms with Crippen LogP contribution in [0.5, 0.6) is 0 Å². The molecule has 0 aliphatic rings. The Morgan fingerprint density at radius 3 is 2.23 bits per heavy atom. The Balaban J connectivity index is 2.45. The zero-order chi connectivity index (χ0) is 19.1. The van der Waals surface area contributed by atoms with Gasteiger partial charge in [0.2, 0.25) is 0 Å². The van der Waals surface area contributed by atoms with Crippen LogP contribution in [0, 0.1) is 0 Å². The Hall–Kier alpha value is -2.35. The van der Waals surface area contributed by atoms with Gasteiger partial charge in [-0.05, 0) is 42.5 Å². The zero-order valence-electron chi connectivity index (χ0n) is 13.2. The number of rotatable bonds is 4. The van der Waals surface area contributed by atoms with E-state index in [1.807, 2.05) is 0 Å². The fraction of sp³-hybridized carbons (Fsp3) is 0.0588. The first-order valence-corrected chi connectivity index (χ1v) is 9.54. The Morgan fingerprint density at radius 1 is 1.00 bits per heavy atom. The zero-order valence-corrected chi connectivity index (χ0v) is 15.6. The van der Waals surface area contributed by atoms with Crippen molar-refractivity contribution >= 4 is 44.1 Å². The molecule has 0 saturated heterocycles. The van der Waals surface area contributed by atoms with E-state index in [1.54, 1.807) is 0 Å². The van der Waals surface area contributed by atoms with Crippen LogP contribution in [0.25, 0.3) is 10.9 Å². The molecule has 9 heteroatoms. The summed E-state index contributed by atoms with van der Waals surface area (Å²) in [7, 11) is -4.41. The number of hydrogen-bond acceptors (Lipinski definition) is 4. The lowest BCUT2D eigenvalue weighted by Crippen LogP contribution is -2.43. The van der Waals surface area contributed by atoms with Gasteiger partial charge in [0.05, 0.1) is 15.8 Å². The highest BCUT2D eigenvalue weighted by molar-refractivity contribution is 7.90. The summed E-state index contributed by atoms with van der Waals surface area (Å²) in [6, 6.07) is 9.45. The van der Waals surface area contributed by atoms with Crippen molar-refractivity contribution in [1.82, 2.24) is 8.54 Å². The van der Waals surface area contributed by atoms with Crippen LogP contribution in [0.3, 0.4) is 0 Å². The number of hydrogen-bond donors (Lipinski definition) is 0. The number of nitrogens with zero attached hydrogens (tertiary/aromatic N) is 2. The van der Waals surface area contributed by atoms with Crippen LogP contribution < -0.4 is 11.2 Å². The van der Waals surface area contributed by atoms with E-state index in [0.717, 1.165) is 4.57 Å². The van der Waals surface area contributed by atoms with Crippen LogP contribution in [0.1, 0.15) is 0 Å². The lowest BCUT2D eigenvalue weighted by Gasteiger charge is -2.13. The first-order valence-electron chi connectivity index (χ1n) is 7.34. The Kier molecular flexibility index (Phi) is 4.79. The molecule has 0 bridgehead atoms. The normalized spacial score (nSPS) is 11.6. The molecule has 134 valence electrons. The van der Waals surface area contributed by atoms with Crippen LogP contribution in [-0.4, -0.2) is 17.0 Å². The molecule has 0 aliphatic heterocycles. The van der Waals surface area contributed by atoms with Gasteiger partial charge in [-0.1, -0.05) is 29.3 Å². The molecule has 0 N–H and O–H groups in total. The van der Waals surface area contributed by atoms with Crippen molar-refractivity contribution < 1.29 is 8.42 Å². The second-order valence-electron chi connectivity index (χ2n) is 5.37. The number of halogens is 2. The van der Waals surface area contributed by atoms with Crippen molar-refractivity contribution in [2.45, 2.75) is 11.4 Å². The van der Waals surface area contributed by atoms with Crippen molar-refractivity contribution in [3.8, 4) is 0 Å². The van der Waals surface area contributed by atoms with Crippen molar-refractivity contribution in [1.29, 1.82) is 0 Å². The smallest absolute Gasteiger partial charge is 0.288 e. The van der Waals surface area contributed by atoms with Gasteiger partial charge in [0.1, 0.15) is 0 Å². The molecule has 0 saturated carbocycles. The highest BCUT2D eigenvalue weighted by Gasteiger charge is 2.25. The largest absolute Gasteiger partial charge is 0.346 e. The van der Waals surface area contributed by atoms with Gasteiger partial charge in [0.25, 0.3) is 15.6 Å². The fourth-order valence-electron chi connectivity index (χ4n) is 2.55. The summed E-state index contributed by atoms with van der Waals surface area (Å²) in [5.74, 6) is 0. The Labute approximate surface area is 158 Å². The van der Waals surface area contributed by atoms with Gasteiger partial charge >= 0.3 is 5.69 Å². The van der Waals surface area contributed by atoms with E-state index in [0.29, 0.717) is 10.0 Å². The first-order chi connectivity index (χ1) is 12.3. The molecule has 0 amide bonds.